The van der Waals surface area contributed by atoms with Crippen LogP contribution in [0.4, 0.5) is 0 Å². The van der Waals surface area contributed by atoms with Gasteiger partial charge in [0, 0.05) is 11.1 Å². The van der Waals surface area contributed by atoms with Gasteiger partial charge in [0.2, 0.25) is 0 Å². The molecule has 0 fully saturated rings. The summed E-state index contributed by atoms with van der Waals surface area (Å²) in [5.41, 5.74) is 5.85. The molecule has 0 aliphatic rings. The van der Waals surface area contributed by atoms with E-state index in [9.17, 15) is 4.79 Å². The molecule has 0 spiro atoms. The van der Waals surface area contributed by atoms with Crippen LogP contribution in [0.5, 0.6) is 0 Å². The van der Waals surface area contributed by atoms with Crippen molar-refractivity contribution in [2.45, 2.75) is 33.2 Å². The lowest BCUT2D eigenvalue weighted by Crippen LogP contribution is -2.52. The van der Waals surface area contributed by atoms with Gasteiger partial charge < -0.3 is 9.84 Å². The monoisotopic (exact) mass is 400 g/mol. The number of thiocarbonyl (C=S) groups is 1. The van der Waals surface area contributed by atoms with E-state index in [1.165, 1.54) is 0 Å². The number of hydrogen-bond acceptors (Lipinski definition) is 4. The van der Waals surface area contributed by atoms with Crippen LogP contribution in [0, 0.1) is 6.92 Å². The van der Waals surface area contributed by atoms with Crippen LogP contribution in [0.1, 0.15) is 36.9 Å². The van der Waals surface area contributed by atoms with E-state index < -0.39 is 5.91 Å². The lowest BCUT2D eigenvalue weighted by Gasteiger charge is -2.23. The first-order valence-corrected chi connectivity index (χ1v) is 8.55. The molecule has 0 saturated heterocycles. The molecule has 1 aromatic heterocycles. The predicted octanol–water partition coefficient (Wildman–Crippen LogP) is 3.86. The van der Waals surface area contributed by atoms with E-state index >= 15 is 0 Å². The van der Waals surface area contributed by atoms with Crippen LogP contribution in [-0.2, 0) is 0 Å². The Hall–Kier alpha value is -1.83. The molecule has 9 heteroatoms. The Bertz CT molecular complexity index is 795. The molecule has 1 aromatic carbocycles. The minimum absolute atomic E-state index is 0.223. The smallest absolute Gasteiger partial charge is 0.275 e. The van der Waals surface area contributed by atoms with Gasteiger partial charge in [0.25, 0.3) is 5.91 Å². The van der Waals surface area contributed by atoms with Crippen LogP contribution in [0.25, 0.3) is 11.3 Å². The van der Waals surface area contributed by atoms with Crippen LogP contribution in [0.3, 0.4) is 0 Å². The van der Waals surface area contributed by atoms with E-state index in [1.54, 1.807) is 25.1 Å². The highest BCUT2D eigenvalue weighted by Gasteiger charge is 2.25. The second-order valence-electron chi connectivity index (χ2n) is 6.34. The van der Waals surface area contributed by atoms with Crippen molar-refractivity contribution >= 4 is 46.4 Å². The molecule has 1 heterocycles. The topological polar surface area (TPSA) is 79.2 Å². The molecular weight excluding hydrogens is 383 g/mol. The number of aryl methyl sites for hydroxylation is 1. The average Bonchev–Trinajstić information content (AvgIpc) is 2.84. The molecule has 0 unspecified atom stereocenters. The highest BCUT2D eigenvalue weighted by molar-refractivity contribution is 7.80. The van der Waals surface area contributed by atoms with Gasteiger partial charge in [0.15, 0.2) is 5.11 Å². The van der Waals surface area contributed by atoms with Crippen LogP contribution >= 0.6 is 35.4 Å². The quantitative estimate of drug-likeness (QED) is 0.524. The number of halogens is 2. The molecule has 3 N–H and O–H groups in total. The second kappa shape index (κ2) is 7.59. The van der Waals surface area contributed by atoms with E-state index in [1.807, 2.05) is 20.8 Å². The number of carbonyl (C=O) groups is 1. The minimum Gasteiger partial charge on any atom is -0.360 e. The number of hydrogen-bond donors (Lipinski definition) is 3. The zero-order valence-corrected chi connectivity index (χ0v) is 16.5. The van der Waals surface area contributed by atoms with Gasteiger partial charge >= 0.3 is 0 Å². The number of carbonyl (C=O) groups excluding carboxylic acids is 1. The lowest BCUT2D eigenvalue weighted by molar-refractivity contribution is 0.0942. The fourth-order valence-electron chi connectivity index (χ4n) is 2.08. The van der Waals surface area contributed by atoms with Gasteiger partial charge in [-0.1, -0.05) is 34.4 Å². The van der Waals surface area contributed by atoms with Crippen molar-refractivity contribution in [1.82, 2.24) is 21.3 Å². The molecule has 0 saturated carbocycles. The SMILES string of the molecule is Cc1onc(-c2c(Cl)cccc2Cl)c1C(=O)NNC(=S)NC(C)(C)C. The fourth-order valence-corrected chi connectivity index (χ4v) is 3.02. The molecular formula is C16H18Cl2N4O2S. The molecule has 6 nitrogen and oxygen atoms in total. The van der Waals surface area contributed by atoms with E-state index in [2.05, 4.69) is 21.3 Å². The number of nitrogens with zero attached hydrogens (tertiary/aromatic N) is 1. The fraction of sp³-hybridized carbons (Fsp3) is 0.312. The number of hydrazine groups is 1. The summed E-state index contributed by atoms with van der Waals surface area (Å²) in [6.45, 7) is 7.47. The first-order chi connectivity index (χ1) is 11.6. The first kappa shape index (κ1) is 19.5. The molecule has 0 atom stereocenters. The van der Waals surface area contributed by atoms with E-state index in [4.69, 9.17) is 39.9 Å². The predicted molar refractivity (Wildman–Crippen MR) is 103 cm³/mol. The maximum Gasteiger partial charge on any atom is 0.275 e. The van der Waals surface area contributed by atoms with Gasteiger partial charge in [-0.15, -0.1) is 0 Å². The molecule has 0 bridgehead atoms. The Morgan fingerprint density at radius 3 is 2.36 bits per heavy atom. The molecule has 0 radical (unpaired) electrons. The molecule has 25 heavy (non-hydrogen) atoms. The molecule has 134 valence electrons. The third-order valence-corrected chi connectivity index (χ3v) is 3.90. The van der Waals surface area contributed by atoms with Crippen molar-refractivity contribution in [3.8, 4) is 11.3 Å². The molecule has 2 aromatic rings. The number of nitrogens with one attached hydrogen (secondary N) is 3. The second-order valence-corrected chi connectivity index (χ2v) is 7.56. The van der Waals surface area contributed by atoms with Crippen molar-refractivity contribution in [2.24, 2.45) is 0 Å². The van der Waals surface area contributed by atoms with Gasteiger partial charge in [-0.05, 0) is 52.0 Å². The lowest BCUT2D eigenvalue weighted by atomic mass is 10.1. The van der Waals surface area contributed by atoms with Gasteiger partial charge in [-0.25, -0.2) is 0 Å². The van der Waals surface area contributed by atoms with Crippen LogP contribution in [0.2, 0.25) is 10.0 Å². The van der Waals surface area contributed by atoms with Gasteiger partial charge in [0.1, 0.15) is 17.0 Å². The highest BCUT2D eigenvalue weighted by atomic mass is 35.5. The number of rotatable bonds is 2. The third-order valence-electron chi connectivity index (χ3n) is 3.07. The summed E-state index contributed by atoms with van der Waals surface area (Å²) in [4.78, 5) is 12.6. The Balaban J connectivity index is 2.25. The van der Waals surface area contributed by atoms with Crippen LogP contribution in [0.15, 0.2) is 22.7 Å². The van der Waals surface area contributed by atoms with Crippen LogP contribution < -0.4 is 16.2 Å². The van der Waals surface area contributed by atoms with Crippen molar-refractivity contribution < 1.29 is 9.32 Å². The summed E-state index contributed by atoms with van der Waals surface area (Å²) in [7, 11) is 0. The summed E-state index contributed by atoms with van der Waals surface area (Å²) in [6, 6.07) is 5.03. The normalized spacial score (nSPS) is 11.1. The van der Waals surface area contributed by atoms with Gasteiger partial charge in [-0.2, -0.15) is 0 Å². The van der Waals surface area contributed by atoms with Crippen molar-refractivity contribution in [3.63, 3.8) is 0 Å². The third kappa shape index (κ3) is 4.84. The van der Waals surface area contributed by atoms with Gasteiger partial charge in [0.05, 0.1) is 10.0 Å². The van der Waals surface area contributed by atoms with Crippen molar-refractivity contribution in [1.29, 1.82) is 0 Å². The Morgan fingerprint density at radius 2 is 1.80 bits per heavy atom. The summed E-state index contributed by atoms with van der Waals surface area (Å²) < 4.78 is 5.16. The summed E-state index contributed by atoms with van der Waals surface area (Å²) in [5.74, 6) is -0.136. The molecule has 0 aliphatic carbocycles. The largest absolute Gasteiger partial charge is 0.360 e. The minimum atomic E-state index is -0.470. The molecule has 2 rings (SSSR count). The zero-order valence-electron chi connectivity index (χ0n) is 14.2. The summed E-state index contributed by atoms with van der Waals surface area (Å²) >= 11 is 17.5. The van der Waals surface area contributed by atoms with Gasteiger partial charge in [-0.3, -0.25) is 15.6 Å². The highest BCUT2D eigenvalue weighted by Crippen LogP contribution is 2.36. The Morgan fingerprint density at radius 1 is 1.20 bits per heavy atom. The van der Waals surface area contributed by atoms with Crippen molar-refractivity contribution in [3.05, 3.63) is 39.6 Å². The average molecular weight is 401 g/mol. The number of amides is 1. The first-order valence-electron chi connectivity index (χ1n) is 7.39. The summed E-state index contributed by atoms with van der Waals surface area (Å²) in [5, 5.41) is 7.98. The number of benzene rings is 1. The van der Waals surface area contributed by atoms with E-state index in [0.717, 1.165) is 0 Å². The van der Waals surface area contributed by atoms with Crippen LogP contribution in [-0.4, -0.2) is 21.7 Å². The molecule has 0 aliphatic heterocycles. The standard InChI is InChI=1S/C16H18Cl2N4O2S/c1-8-11(14(23)20-21-15(25)19-16(2,3)4)13(22-24-8)12-9(17)6-5-7-10(12)18/h5-7H,1-4H3,(H,20,23)(H2,19,21,25). The Labute approximate surface area is 161 Å². The number of aromatic nitrogens is 1. The van der Waals surface area contributed by atoms with Crippen molar-refractivity contribution in [2.75, 3.05) is 0 Å². The maximum atomic E-state index is 12.6. The van der Waals surface area contributed by atoms with E-state index in [0.29, 0.717) is 21.4 Å². The van der Waals surface area contributed by atoms with E-state index in [-0.39, 0.29) is 21.9 Å². The maximum absolute atomic E-state index is 12.6. The summed E-state index contributed by atoms with van der Waals surface area (Å²) in [6.07, 6.45) is 0. The zero-order chi connectivity index (χ0) is 18.8. The Kier molecular flexibility index (Phi) is 5.92. The molecule has 1 amide bonds.